The molecule has 4 aromatic rings. The van der Waals surface area contributed by atoms with Gasteiger partial charge >= 0.3 is 18.1 Å². The normalized spacial score (nSPS) is 11.1. The summed E-state index contributed by atoms with van der Waals surface area (Å²) in [6.07, 6.45) is -3.63. The van der Waals surface area contributed by atoms with Crippen molar-refractivity contribution in [1.82, 2.24) is 0 Å². The van der Waals surface area contributed by atoms with Crippen LogP contribution in [0.5, 0.6) is 5.75 Å². The number of methoxy groups -OCH3 is 1. The number of ketones is 1. The van der Waals surface area contributed by atoms with E-state index in [4.69, 9.17) is 16.3 Å². The van der Waals surface area contributed by atoms with Crippen LogP contribution < -0.4 is 10.1 Å². The van der Waals surface area contributed by atoms with Crippen LogP contribution in [0.1, 0.15) is 67.5 Å². The van der Waals surface area contributed by atoms with Crippen molar-refractivity contribution in [2.45, 2.75) is 39.3 Å². The molecule has 0 spiro atoms. The predicted molar refractivity (Wildman–Crippen MR) is 167 cm³/mol. The molecule has 46 heavy (non-hydrogen) atoms. The van der Waals surface area contributed by atoms with E-state index in [0.717, 1.165) is 17.7 Å². The van der Waals surface area contributed by atoms with E-state index in [1.807, 2.05) is 0 Å². The Kier molecular flexibility index (Phi) is 10.6. The van der Waals surface area contributed by atoms with Gasteiger partial charge in [-0.3, -0.25) is 14.4 Å². The van der Waals surface area contributed by atoms with Crippen LogP contribution in [0, 0.1) is 6.92 Å². The number of hydrogen-bond acceptors (Lipinski definition) is 6. The van der Waals surface area contributed by atoms with E-state index in [9.17, 15) is 32.3 Å². The molecule has 0 aromatic heterocycles. The Hall–Kier alpha value is -4.96. The number of aryl methyl sites for hydroxylation is 2. The van der Waals surface area contributed by atoms with Crippen LogP contribution in [0.3, 0.4) is 0 Å². The molecular weight excluding hydrogens is 623 g/mol. The van der Waals surface area contributed by atoms with Crippen molar-refractivity contribution in [2.75, 3.05) is 12.4 Å². The van der Waals surface area contributed by atoms with E-state index in [2.05, 4.69) is 10.1 Å². The molecule has 7 nitrogen and oxygen atoms in total. The molecule has 1 N–H and O–H groups in total. The molecule has 0 bridgehead atoms. The third kappa shape index (κ3) is 8.19. The quantitative estimate of drug-likeness (QED) is 0.105. The van der Waals surface area contributed by atoms with E-state index in [1.165, 1.54) is 38.3 Å². The van der Waals surface area contributed by atoms with Crippen LogP contribution in [0.4, 0.5) is 18.9 Å². The maximum Gasteiger partial charge on any atom is 0.416 e. The number of ether oxygens (including phenoxy) is 2. The molecular formula is C35H29ClF3NO6. The van der Waals surface area contributed by atoms with Crippen molar-refractivity contribution >= 4 is 40.9 Å². The van der Waals surface area contributed by atoms with Crippen molar-refractivity contribution in [3.63, 3.8) is 0 Å². The maximum atomic E-state index is 13.3. The number of carbonyl (C=O) groups excluding carboxylic acids is 4. The first-order valence-corrected chi connectivity index (χ1v) is 14.5. The second-order valence-corrected chi connectivity index (χ2v) is 10.8. The van der Waals surface area contributed by atoms with Crippen LogP contribution in [0.15, 0.2) is 78.9 Å². The molecule has 0 aliphatic carbocycles. The van der Waals surface area contributed by atoms with Gasteiger partial charge in [0.1, 0.15) is 0 Å². The number of Topliss-reactive ketones (excluding diaryl/α,β-unsaturated/α-hetero) is 1. The lowest BCUT2D eigenvalue weighted by Crippen LogP contribution is -2.15. The second-order valence-electron chi connectivity index (χ2n) is 10.4. The summed E-state index contributed by atoms with van der Waals surface area (Å²) in [6.45, 7) is 3.01. The fraction of sp³-hybridized carbons (Fsp3) is 0.200. The van der Waals surface area contributed by atoms with Crippen LogP contribution in [-0.4, -0.2) is 30.7 Å². The molecule has 0 saturated carbocycles. The van der Waals surface area contributed by atoms with Crippen LogP contribution in [-0.2, 0) is 22.1 Å². The molecule has 1 amide bonds. The third-order valence-electron chi connectivity index (χ3n) is 7.12. The van der Waals surface area contributed by atoms with Gasteiger partial charge in [0.2, 0.25) is 0 Å². The Morgan fingerprint density at radius 1 is 0.891 bits per heavy atom. The monoisotopic (exact) mass is 651 g/mol. The summed E-state index contributed by atoms with van der Waals surface area (Å²) in [6, 6.07) is 18.8. The molecule has 0 fully saturated rings. The number of alkyl halides is 3. The number of carbonyl (C=O) groups is 4. The minimum Gasteiger partial charge on any atom is -0.465 e. The highest BCUT2D eigenvalue weighted by molar-refractivity contribution is 6.32. The van der Waals surface area contributed by atoms with Crippen LogP contribution >= 0.6 is 11.6 Å². The zero-order valence-electron chi connectivity index (χ0n) is 25.1. The van der Waals surface area contributed by atoms with E-state index < -0.39 is 29.6 Å². The first-order chi connectivity index (χ1) is 21.8. The maximum absolute atomic E-state index is 13.3. The smallest absolute Gasteiger partial charge is 0.416 e. The highest BCUT2D eigenvalue weighted by Gasteiger charge is 2.30. The van der Waals surface area contributed by atoms with Crippen molar-refractivity contribution in [1.29, 1.82) is 0 Å². The fourth-order valence-electron chi connectivity index (χ4n) is 4.81. The standard InChI is InChI=1S/C35H29ClF3NO6/c1-20-17-24(34(44)45-3)19-29(36)32(20)46-31(42)10-6-7-22-11-16-30(28(18-22)21(2)41)40-33(43)27-9-5-4-8-26(27)23-12-14-25(15-13-23)35(37,38)39/h4-5,8-9,11-19H,6-7,10H2,1-3H3,(H,40,43). The topological polar surface area (TPSA) is 98.8 Å². The number of hydrogen-bond donors (Lipinski definition) is 1. The molecule has 238 valence electrons. The molecule has 0 unspecified atom stereocenters. The SMILES string of the molecule is COC(=O)c1cc(C)c(OC(=O)CCCc2ccc(NC(=O)c3ccccc3-c3ccc(C(F)(F)F)cc3)c(C(C)=O)c2)c(Cl)c1. The lowest BCUT2D eigenvalue weighted by molar-refractivity contribution is -0.137. The lowest BCUT2D eigenvalue weighted by atomic mass is 9.97. The average Bonchev–Trinajstić information content (AvgIpc) is 3.02. The summed E-state index contributed by atoms with van der Waals surface area (Å²) in [5, 5.41) is 2.85. The predicted octanol–water partition coefficient (Wildman–Crippen LogP) is 8.50. The molecule has 0 saturated heterocycles. The van der Waals surface area contributed by atoms with Gasteiger partial charge in [-0.1, -0.05) is 48.0 Å². The number of esters is 2. The van der Waals surface area contributed by atoms with Gasteiger partial charge < -0.3 is 14.8 Å². The van der Waals surface area contributed by atoms with Gasteiger partial charge in [-0.2, -0.15) is 13.2 Å². The Bertz CT molecular complexity index is 1780. The zero-order chi connectivity index (χ0) is 33.6. The van der Waals surface area contributed by atoms with E-state index in [-0.39, 0.29) is 45.4 Å². The second kappa shape index (κ2) is 14.4. The lowest BCUT2D eigenvalue weighted by Gasteiger charge is -2.14. The van der Waals surface area contributed by atoms with Gasteiger partial charge in [-0.25, -0.2) is 4.79 Å². The highest BCUT2D eigenvalue weighted by atomic mass is 35.5. The minimum absolute atomic E-state index is 0.0448. The Balaban J connectivity index is 1.43. The average molecular weight is 652 g/mol. The van der Waals surface area contributed by atoms with E-state index >= 15 is 0 Å². The molecule has 4 rings (SSSR count). The molecule has 0 radical (unpaired) electrons. The van der Waals surface area contributed by atoms with E-state index in [1.54, 1.807) is 49.4 Å². The van der Waals surface area contributed by atoms with Crippen molar-refractivity contribution in [2.24, 2.45) is 0 Å². The molecule has 11 heteroatoms. The van der Waals surface area contributed by atoms with Crippen molar-refractivity contribution in [3.8, 4) is 16.9 Å². The van der Waals surface area contributed by atoms with Gasteiger partial charge in [0.05, 0.1) is 28.9 Å². The molecule has 0 atom stereocenters. The molecule has 0 aliphatic rings. The van der Waals surface area contributed by atoms with Crippen molar-refractivity contribution in [3.05, 3.63) is 117 Å². The van der Waals surface area contributed by atoms with Gasteiger partial charge in [-0.15, -0.1) is 0 Å². The van der Waals surface area contributed by atoms with Crippen molar-refractivity contribution < 1.29 is 41.8 Å². The summed E-state index contributed by atoms with van der Waals surface area (Å²) >= 11 is 6.22. The van der Waals surface area contributed by atoms with Gasteiger partial charge in [0, 0.05) is 17.5 Å². The summed E-state index contributed by atoms with van der Waals surface area (Å²) in [4.78, 5) is 50.1. The van der Waals surface area contributed by atoms with Gasteiger partial charge in [-0.05, 0) is 91.4 Å². The number of anilines is 1. The Morgan fingerprint density at radius 2 is 1.59 bits per heavy atom. The minimum atomic E-state index is -4.48. The van der Waals surface area contributed by atoms with Crippen LogP contribution in [0.2, 0.25) is 5.02 Å². The number of halogens is 4. The Labute approximate surface area is 268 Å². The largest absolute Gasteiger partial charge is 0.465 e. The Morgan fingerprint density at radius 3 is 2.22 bits per heavy atom. The first-order valence-electron chi connectivity index (χ1n) is 14.1. The molecule has 0 heterocycles. The van der Waals surface area contributed by atoms with E-state index in [0.29, 0.717) is 29.5 Å². The summed E-state index contributed by atoms with van der Waals surface area (Å²) < 4.78 is 49.2. The number of amides is 1. The highest BCUT2D eigenvalue weighted by Crippen LogP contribution is 2.33. The zero-order valence-corrected chi connectivity index (χ0v) is 25.8. The first kappa shape index (κ1) is 33.9. The van der Waals surface area contributed by atoms with Gasteiger partial charge in [0.25, 0.3) is 5.91 Å². The molecule has 0 aliphatic heterocycles. The summed E-state index contributed by atoms with van der Waals surface area (Å²) in [5.41, 5.74) is 2.27. The summed E-state index contributed by atoms with van der Waals surface area (Å²) in [7, 11) is 1.25. The number of rotatable bonds is 10. The van der Waals surface area contributed by atoms with Gasteiger partial charge in [0.15, 0.2) is 11.5 Å². The number of benzene rings is 4. The molecule has 4 aromatic carbocycles. The fourth-order valence-corrected chi connectivity index (χ4v) is 5.11. The van der Waals surface area contributed by atoms with Crippen LogP contribution in [0.25, 0.3) is 11.1 Å². The summed E-state index contributed by atoms with van der Waals surface area (Å²) in [5.74, 6) is -1.78. The third-order valence-corrected chi connectivity index (χ3v) is 7.40. The number of nitrogens with one attached hydrogen (secondary N) is 1.